The highest BCUT2D eigenvalue weighted by molar-refractivity contribution is 6.04. The normalized spacial score (nSPS) is 25.8. The summed E-state index contributed by atoms with van der Waals surface area (Å²) in [5.74, 6) is 2.15. The molecule has 1 unspecified atom stereocenters. The lowest BCUT2D eigenvalue weighted by molar-refractivity contribution is -0.134. The summed E-state index contributed by atoms with van der Waals surface area (Å²) >= 11 is 0. The second-order valence-corrected chi connectivity index (χ2v) is 23.5. The smallest absolute Gasteiger partial charge is 0.410 e. The predicted molar refractivity (Wildman–Crippen MR) is 296 cm³/mol. The number of aromatic nitrogens is 5. The summed E-state index contributed by atoms with van der Waals surface area (Å²) < 4.78 is 53.4. The van der Waals surface area contributed by atoms with Crippen LogP contribution in [-0.4, -0.2) is 135 Å². The van der Waals surface area contributed by atoms with Crippen molar-refractivity contribution in [3.63, 3.8) is 0 Å². The van der Waals surface area contributed by atoms with Gasteiger partial charge in [-0.2, -0.15) is 15.1 Å². The fourth-order valence-corrected chi connectivity index (χ4v) is 14.8. The fourth-order valence-electron chi connectivity index (χ4n) is 14.8. The maximum absolute atomic E-state index is 17.5. The van der Waals surface area contributed by atoms with Crippen molar-refractivity contribution < 1.29 is 37.4 Å². The van der Waals surface area contributed by atoms with E-state index < -0.39 is 17.6 Å². The lowest BCUT2D eigenvalue weighted by atomic mass is 9.81. The molecule has 3 aromatic heterocycles. The summed E-state index contributed by atoms with van der Waals surface area (Å²) in [6, 6.07) is 15.0. The predicted octanol–water partition coefficient (Wildman–Crippen LogP) is 8.97. The molecule has 16 nitrogen and oxygen atoms in total. The van der Waals surface area contributed by atoms with Crippen molar-refractivity contribution in [3.8, 4) is 29.6 Å². The third-order valence-electron chi connectivity index (χ3n) is 18.8. The van der Waals surface area contributed by atoms with Gasteiger partial charge in [0.05, 0.1) is 52.0 Å². The van der Waals surface area contributed by atoms with E-state index in [1.807, 2.05) is 22.7 Å². The second kappa shape index (κ2) is 20.9. The number of piperidine rings is 3. The zero-order valence-electron chi connectivity index (χ0n) is 45.2. The molecule has 10 heterocycles. The number of amides is 3. The fraction of sp³-hybridized carbons (Fsp3) is 0.525. The van der Waals surface area contributed by atoms with E-state index in [-0.39, 0.29) is 64.4 Å². The van der Waals surface area contributed by atoms with E-state index >= 15 is 8.78 Å². The number of halogens is 2. The Bertz CT molecular complexity index is 3450. The van der Waals surface area contributed by atoms with Gasteiger partial charge >= 0.3 is 12.1 Å². The Hall–Kier alpha value is -6.97. The first-order valence-electron chi connectivity index (χ1n) is 28.7. The number of terminal acetylenes is 1. The van der Waals surface area contributed by atoms with Crippen molar-refractivity contribution in [2.45, 2.75) is 126 Å². The Labute approximate surface area is 458 Å². The zero-order valence-corrected chi connectivity index (χ0v) is 45.2. The Morgan fingerprint density at radius 3 is 2.62 bits per heavy atom. The molecule has 6 fully saturated rings. The van der Waals surface area contributed by atoms with Crippen molar-refractivity contribution in [2.24, 2.45) is 18.9 Å². The molecule has 6 aromatic rings. The van der Waals surface area contributed by atoms with Crippen LogP contribution in [0.5, 0.6) is 6.01 Å². The van der Waals surface area contributed by atoms with Gasteiger partial charge in [0.15, 0.2) is 5.82 Å². The van der Waals surface area contributed by atoms with Crippen LogP contribution in [-0.2, 0) is 32.5 Å². The minimum Gasteiger partial charge on any atom is -0.461 e. The largest absolute Gasteiger partial charge is 0.461 e. The van der Waals surface area contributed by atoms with Gasteiger partial charge in [0, 0.05) is 80.4 Å². The molecule has 0 bridgehead atoms. The summed E-state index contributed by atoms with van der Waals surface area (Å²) in [5, 5.41) is 9.84. The van der Waals surface area contributed by atoms with Crippen LogP contribution >= 0.6 is 0 Å². The number of aryl methyl sites for hydroxylation is 2. The molecular weight excluding hydrogens is 1010 g/mol. The molecule has 412 valence electrons. The van der Waals surface area contributed by atoms with Crippen LogP contribution in [0, 0.1) is 35.8 Å². The van der Waals surface area contributed by atoms with Crippen molar-refractivity contribution in [2.75, 3.05) is 69.0 Å². The minimum atomic E-state index is -0.641. The summed E-state index contributed by atoms with van der Waals surface area (Å²) in [4.78, 5) is 62.3. The van der Waals surface area contributed by atoms with Gasteiger partial charge in [0.2, 0.25) is 11.8 Å². The van der Waals surface area contributed by atoms with Crippen molar-refractivity contribution in [1.82, 2.24) is 39.8 Å². The number of nitrogens with zero attached hydrogens (tertiary/aromatic N) is 9. The molecule has 1 N–H and O–H groups in total. The van der Waals surface area contributed by atoms with E-state index in [2.05, 4.69) is 51.1 Å². The van der Waals surface area contributed by atoms with E-state index in [1.54, 1.807) is 18.2 Å². The molecule has 18 heteroatoms. The zero-order chi connectivity index (χ0) is 54.1. The van der Waals surface area contributed by atoms with Crippen LogP contribution in [0.2, 0.25) is 0 Å². The maximum Gasteiger partial charge on any atom is 0.410 e. The van der Waals surface area contributed by atoms with E-state index in [0.717, 1.165) is 113 Å². The van der Waals surface area contributed by atoms with Crippen molar-refractivity contribution >= 4 is 62.0 Å². The molecule has 0 aliphatic carbocycles. The topological polar surface area (TPSA) is 160 Å². The third-order valence-corrected chi connectivity index (χ3v) is 18.8. The van der Waals surface area contributed by atoms with Gasteiger partial charge in [-0.15, -0.1) is 6.42 Å². The van der Waals surface area contributed by atoms with Gasteiger partial charge in [-0.3, -0.25) is 24.5 Å². The molecule has 7 aliphatic rings. The van der Waals surface area contributed by atoms with E-state index in [4.69, 9.17) is 40.7 Å². The molecule has 6 atom stereocenters. The number of nitrogens with one attached hydrogen (secondary N) is 1. The number of carbonyl (C=O) groups excluding carboxylic acids is 3. The summed E-state index contributed by atoms with van der Waals surface area (Å²) in [6.07, 6.45) is 17.4. The highest BCUT2D eigenvalue weighted by Crippen LogP contribution is 2.45. The molecule has 3 amide bonds. The number of rotatable bonds is 10. The van der Waals surface area contributed by atoms with E-state index in [9.17, 15) is 14.4 Å². The first-order chi connectivity index (χ1) is 38.4. The number of ether oxygens (including phenoxy) is 3. The van der Waals surface area contributed by atoms with Crippen LogP contribution < -0.4 is 19.9 Å². The summed E-state index contributed by atoms with van der Waals surface area (Å²) in [7, 11) is 1.91. The van der Waals surface area contributed by atoms with Gasteiger partial charge in [-0.25, -0.2) is 18.6 Å². The lowest BCUT2D eigenvalue weighted by Gasteiger charge is -2.40. The molecule has 6 saturated heterocycles. The van der Waals surface area contributed by atoms with Gasteiger partial charge in [0.1, 0.15) is 36.1 Å². The number of hydrogen-bond acceptors (Lipinski definition) is 13. The monoisotopic (exact) mass is 1070 g/mol. The molecular formula is C61H68F2N10O6. The molecule has 0 radical (unpaired) electrons. The van der Waals surface area contributed by atoms with Crippen LogP contribution in [0.4, 0.5) is 25.1 Å². The number of pyridine rings is 1. The quantitative estimate of drug-likeness (QED) is 0.102. The first-order valence-corrected chi connectivity index (χ1v) is 28.7. The summed E-state index contributed by atoms with van der Waals surface area (Å²) in [6.45, 7) is 8.06. The maximum atomic E-state index is 17.5. The van der Waals surface area contributed by atoms with Crippen LogP contribution in [0.25, 0.3) is 43.8 Å². The number of carbonyl (C=O) groups is 3. The second-order valence-electron chi connectivity index (χ2n) is 23.5. The number of imide groups is 1. The number of anilines is 2. The Morgan fingerprint density at radius 2 is 1.78 bits per heavy atom. The van der Waals surface area contributed by atoms with Gasteiger partial charge in [0.25, 0.3) is 0 Å². The number of likely N-dealkylation sites (tertiary alicyclic amines) is 1. The molecule has 0 saturated carbocycles. The Balaban J connectivity index is 0.642. The minimum absolute atomic E-state index is 0.00462. The van der Waals surface area contributed by atoms with Gasteiger partial charge in [-0.1, -0.05) is 30.2 Å². The average Bonchev–Trinajstić information content (AvgIpc) is 4.15. The van der Waals surface area contributed by atoms with Gasteiger partial charge < -0.3 is 28.9 Å². The van der Waals surface area contributed by atoms with E-state index in [0.29, 0.717) is 104 Å². The first kappa shape index (κ1) is 51.5. The number of hydrogen-bond donors (Lipinski definition) is 1. The third kappa shape index (κ3) is 9.37. The molecule has 7 aliphatic heterocycles. The highest BCUT2D eigenvalue weighted by Gasteiger charge is 2.50. The Kier molecular flexibility index (Phi) is 13.6. The van der Waals surface area contributed by atoms with Gasteiger partial charge in [-0.05, 0) is 138 Å². The summed E-state index contributed by atoms with van der Waals surface area (Å²) in [5.41, 5.74) is 3.86. The highest BCUT2D eigenvalue weighted by atomic mass is 19.1. The Morgan fingerprint density at radius 1 is 0.924 bits per heavy atom. The SMILES string of the molecule is C#Cc1c(F)ccc2cccc(-c3nc4c5c(nc(OC[C@@]67CCCN6[C@H](COC(=O)N6CC[C@@H](CC8CCN(c9ccc%10c(C%11CCC(=O)NC%11=O)nn(C)c%10c9)CC8)C[C@@H]6C)CC7)nc5c3F)N3CCCOC[C@@H]3CC4)c12. The standard InChI is InChI=1S/C61H68F2N10O6/c1-4-43-47(62)15-10-39-8-5-9-45(51(39)43)55-53(63)56-52-48(64-55)16-12-41-33-77-29-7-24-72(41)57(52)67-59(66-56)79-35-61-22-6-25-73(61)42(18-23-61)34-78-60(76)71-28-21-38(30-36(71)2)31-37-19-26-70(27-20-37)40-11-13-44-49(32-40)69(3)68-54(44)46-14-17-50(74)65-58(46)75/h1,5,8-11,13,15,32,36-38,41-42,46H,6-7,12,14,16-31,33-35H2,2-3H3,(H,65,74,75)/t36-,38+,41-,42-,46?,61-/m0/s1. The number of fused-ring (bicyclic) bond motifs is 5. The van der Waals surface area contributed by atoms with E-state index in [1.165, 1.54) is 6.07 Å². The number of benzene rings is 3. The molecule has 3 aromatic carbocycles. The van der Waals surface area contributed by atoms with Crippen LogP contribution in [0.3, 0.4) is 0 Å². The van der Waals surface area contributed by atoms with Crippen LogP contribution in [0.15, 0.2) is 48.5 Å². The average molecular weight is 1080 g/mol. The molecule has 79 heavy (non-hydrogen) atoms. The van der Waals surface area contributed by atoms with Crippen molar-refractivity contribution in [1.29, 1.82) is 0 Å². The lowest BCUT2D eigenvalue weighted by Crippen LogP contribution is -2.49. The van der Waals surface area contributed by atoms with Crippen LogP contribution in [0.1, 0.15) is 113 Å². The van der Waals surface area contributed by atoms with Crippen molar-refractivity contribution in [3.05, 3.63) is 77.1 Å². The molecule has 0 spiro atoms. The molecule has 13 rings (SSSR count).